The number of nitrogens with one attached hydrogen (secondary N) is 1. The summed E-state index contributed by atoms with van der Waals surface area (Å²) in [5.41, 5.74) is 0. The summed E-state index contributed by atoms with van der Waals surface area (Å²) < 4.78 is 31.1. The van der Waals surface area contributed by atoms with Crippen LogP contribution in [-0.4, -0.2) is 48.8 Å². The van der Waals surface area contributed by atoms with Gasteiger partial charge in [0.05, 0.1) is 0 Å². The number of nitrogens with zero attached hydrogens (tertiary/aromatic N) is 1. The lowest BCUT2D eigenvalue weighted by Crippen LogP contribution is -2.46. The first-order valence-corrected chi connectivity index (χ1v) is 8.80. The van der Waals surface area contributed by atoms with Crippen LogP contribution in [0.3, 0.4) is 0 Å². The second-order valence-electron chi connectivity index (χ2n) is 5.84. The molecule has 23 heavy (non-hydrogen) atoms. The molecule has 1 atom stereocenters. The molecule has 0 spiro atoms. The molecule has 0 saturated carbocycles. The molecule has 2 rings (SSSR count). The zero-order chi connectivity index (χ0) is 17.2. The van der Waals surface area contributed by atoms with Crippen molar-refractivity contribution in [2.45, 2.75) is 37.8 Å². The van der Waals surface area contributed by atoms with E-state index in [1.54, 1.807) is 0 Å². The third kappa shape index (κ3) is 3.73. The monoisotopic (exact) mass is 344 g/mol. The maximum Gasteiger partial charge on any atom is 0.371 e. The van der Waals surface area contributed by atoms with Crippen molar-refractivity contribution in [3.8, 4) is 0 Å². The van der Waals surface area contributed by atoms with Crippen LogP contribution in [0.2, 0.25) is 0 Å². The number of furan rings is 1. The highest BCUT2D eigenvalue weighted by molar-refractivity contribution is 7.89. The molecule has 1 saturated heterocycles. The van der Waals surface area contributed by atoms with E-state index in [-0.39, 0.29) is 18.4 Å². The van der Waals surface area contributed by atoms with Crippen molar-refractivity contribution >= 4 is 21.9 Å². The fourth-order valence-electron chi connectivity index (χ4n) is 2.40. The van der Waals surface area contributed by atoms with Crippen LogP contribution in [0.4, 0.5) is 0 Å². The molecular formula is C14H20N2O6S. The zero-order valence-electron chi connectivity index (χ0n) is 13.0. The summed E-state index contributed by atoms with van der Waals surface area (Å²) in [6.07, 6.45) is 0.987. The highest BCUT2D eigenvalue weighted by atomic mass is 32.2. The van der Waals surface area contributed by atoms with E-state index in [0.29, 0.717) is 19.4 Å². The van der Waals surface area contributed by atoms with Gasteiger partial charge >= 0.3 is 5.97 Å². The second kappa shape index (κ2) is 6.71. The second-order valence-corrected chi connectivity index (χ2v) is 7.66. The topological polar surface area (TPSA) is 117 Å². The average Bonchev–Trinajstić information content (AvgIpc) is 3.13. The number of amides is 1. The maximum atomic E-state index is 12.6. The van der Waals surface area contributed by atoms with E-state index in [0.717, 1.165) is 16.4 Å². The van der Waals surface area contributed by atoms with E-state index in [2.05, 4.69) is 5.32 Å². The molecule has 0 aliphatic carbocycles. The molecule has 8 nitrogen and oxygen atoms in total. The predicted molar refractivity (Wildman–Crippen MR) is 80.4 cm³/mol. The van der Waals surface area contributed by atoms with Gasteiger partial charge in [-0.2, -0.15) is 4.31 Å². The average molecular weight is 344 g/mol. The first-order valence-electron chi connectivity index (χ1n) is 7.36. The number of rotatable bonds is 6. The molecule has 2 heterocycles. The molecule has 1 aromatic heterocycles. The van der Waals surface area contributed by atoms with Gasteiger partial charge in [-0.1, -0.05) is 13.8 Å². The van der Waals surface area contributed by atoms with Crippen LogP contribution < -0.4 is 5.32 Å². The third-order valence-electron chi connectivity index (χ3n) is 3.55. The van der Waals surface area contributed by atoms with E-state index in [9.17, 15) is 18.0 Å². The number of carbonyl (C=O) groups excluding carboxylic acids is 1. The standard InChI is InChI=1S/C14H20N2O6S/c1-9(2)8-15-13(17)10-4-3-7-16(10)23(20,21)12-6-5-11(22-12)14(18)19/h5-6,9-10H,3-4,7-8H2,1-2H3,(H,15,17)(H,18,19). The minimum Gasteiger partial charge on any atom is -0.475 e. The van der Waals surface area contributed by atoms with Crippen LogP contribution in [0.25, 0.3) is 0 Å². The van der Waals surface area contributed by atoms with Crippen LogP contribution in [0.15, 0.2) is 21.6 Å². The van der Waals surface area contributed by atoms with Crippen LogP contribution in [0.5, 0.6) is 0 Å². The number of hydrogen-bond donors (Lipinski definition) is 2. The number of hydrogen-bond acceptors (Lipinski definition) is 5. The highest BCUT2D eigenvalue weighted by Crippen LogP contribution is 2.27. The molecule has 0 radical (unpaired) electrons. The summed E-state index contributed by atoms with van der Waals surface area (Å²) in [7, 11) is -4.04. The molecule has 0 bridgehead atoms. The van der Waals surface area contributed by atoms with Crippen molar-refractivity contribution in [2.24, 2.45) is 5.92 Å². The van der Waals surface area contributed by atoms with Gasteiger partial charge < -0.3 is 14.8 Å². The Labute approximate surface area is 134 Å². The van der Waals surface area contributed by atoms with Crippen molar-refractivity contribution < 1.29 is 27.5 Å². The van der Waals surface area contributed by atoms with Crippen molar-refractivity contribution in [3.05, 3.63) is 17.9 Å². The smallest absolute Gasteiger partial charge is 0.371 e. The quantitative estimate of drug-likeness (QED) is 0.792. The minimum atomic E-state index is -4.04. The van der Waals surface area contributed by atoms with Crippen molar-refractivity contribution in [3.63, 3.8) is 0 Å². The van der Waals surface area contributed by atoms with Gasteiger partial charge in [-0.3, -0.25) is 4.79 Å². The van der Waals surface area contributed by atoms with Gasteiger partial charge in [-0.05, 0) is 30.9 Å². The van der Waals surface area contributed by atoms with Crippen molar-refractivity contribution in [1.82, 2.24) is 9.62 Å². The van der Waals surface area contributed by atoms with E-state index < -0.39 is 32.9 Å². The third-order valence-corrected chi connectivity index (χ3v) is 5.33. The summed E-state index contributed by atoms with van der Waals surface area (Å²) in [6.45, 7) is 4.55. The minimum absolute atomic E-state index is 0.200. The lowest BCUT2D eigenvalue weighted by atomic mass is 10.2. The number of carboxylic acid groups (broad SMARTS) is 1. The van der Waals surface area contributed by atoms with Crippen LogP contribution in [0.1, 0.15) is 37.2 Å². The summed E-state index contributed by atoms with van der Waals surface area (Å²) in [5, 5.41) is 11.1. The van der Waals surface area contributed by atoms with E-state index in [4.69, 9.17) is 9.52 Å². The SMILES string of the molecule is CC(C)CNC(=O)C1CCCN1S(=O)(=O)c1ccc(C(=O)O)o1. The fourth-order valence-corrected chi connectivity index (χ4v) is 3.97. The Morgan fingerprint density at radius 3 is 2.70 bits per heavy atom. The number of carboxylic acids is 1. The van der Waals surface area contributed by atoms with E-state index in [1.165, 1.54) is 0 Å². The number of aromatic carboxylic acids is 1. The molecule has 2 N–H and O–H groups in total. The van der Waals surface area contributed by atoms with Gasteiger partial charge in [0.1, 0.15) is 6.04 Å². The summed E-state index contributed by atoms with van der Waals surface area (Å²) >= 11 is 0. The number of carbonyl (C=O) groups is 2. The summed E-state index contributed by atoms with van der Waals surface area (Å²) in [6, 6.07) is 1.39. The van der Waals surface area contributed by atoms with Crippen molar-refractivity contribution in [1.29, 1.82) is 0 Å². The van der Waals surface area contributed by atoms with Gasteiger partial charge in [-0.25, -0.2) is 13.2 Å². The molecule has 1 unspecified atom stereocenters. The van der Waals surface area contributed by atoms with E-state index in [1.807, 2.05) is 13.8 Å². The Bertz CT molecular complexity index is 694. The van der Waals surface area contributed by atoms with E-state index >= 15 is 0 Å². The first-order chi connectivity index (χ1) is 10.7. The maximum absolute atomic E-state index is 12.6. The molecular weight excluding hydrogens is 324 g/mol. The van der Waals surface area contributed by atoms with Gasteiger partial charge in [0.15, 0.2) is 0 Å². The first kappa shape index (κ1) is 17.5. The predicted octanol–water partition coefficient (Wildman–Crippen LogP) is 0.903. The summed E-state index contributed by atoms with van der Waals surface area (Å²) in [5.74, 6) is -1.89. The summed E-state index contributed by atoms with van der Waals surface area (Å²) in [4.78, 5) is 23.0. The van der Waals surface area contributed by atoms with Gasteiger partial charge in [0, 0.05) is 13.1 Å². The Hall–Kier alpha value is -1.87. The highest BCUT2D eigenvalue weighted by Gasteiger charge is 2.41. The molecule has 1 aliphatic rings. The molecule has 1 amide bonds. The lowest BCUT2D eigenvalue weighted by molar-refractivity contribution is -0.124. The fraction of sp³-hybridized carbons (Fsp3) is 0.571. The van der Waals surface area contributed by atoms with Gasteiger partial charge in [0.25, 0.3) is 10.0 Å². The number of sulfonamides is 1. The van der Waals surface area contributed by atoms with Crippen LogP contribution in [0, 0.1) is 5.92 Å². The Morgan fingerprint density at radius 1 is 1.43 bits per heavy atom. The normalized spacial score (nSPS) is 19.2. The molecule has 9 heteroatoms. The lowest BCUT2D eigenvalue weighted by Gasteiger charge is -2.22. The van der Waals surface area contributed by atoms with Crippen LogP contribution in [-0.2, 0) is 14.8 Å². The van der Waals surface area contributed by atoms with Gasteiger partial charge in [0.2, 0.25) is 16.8 Å². The van der Waals surface area contributed by atoms with Crippen LogP contribution >= 0.6 is 0 Å². The molecule has 1 aromatic rings. The van der Waals surface area contributed by atoms with Gasteiger partial charge in [-0.15, -0.1) is 0 Å². The Balaban J connectivity index is 2.20. The Morgan fingerprint density at radius 2 is 2.13 bits per heavy atom. The van der Waals surface area contributed by atoms with Crippen molar-refractivity contribution in [2.75, 3.05) is 13.1 Å². The Kier molecular flexibility index (Phi) is 5.10. The molecule has 1 aliphatic heterocycles. The zero-order valence-corrected chi connectivity index (χ0v) is 13.8. The molecule has 128 valence electrons. The largest absolute Gasteiger partial charge is 0.475 e. The molecule has 1 fully saturated rings. The molecule has 0 aromatic carbocycles.